The van der Waals surface area contributed by atoms with E-state index in [4.69, 9.17) is 0 Å². The number of hydrogen-bond acceptors (Lipinski definition) is 5. The molecule has 23 heavy (non-hydrogen) atoms. The van der Waals surface area contributed by atoms with Crippen molar-refractivity contribution in [3.05, 3.63) is 29.8 Å². The van der Waals surface area contributed by atoms with Gasteiger partial charge in [-0.3, -0.25) is 4.90 Å². The van der Waals surface area contributed by atoms with Crippen LogP contribution in [-0.4, -0.2) is 59.3 Å². The maximum atomic E-state index is 14.3. The van der Waals surface area contributed by atoms with Gasteiger partial charge in [0.25, 0.3) is 0 Å². The van der Waals surface area contributed by atoms with Gasteiger partial charge >= 0.3 is 0 Å². The molecule has 2 aromatic rings. The Kier molecular flexibility index (Phi) is 3.43. The number of anilines is 1. The fourth-order valence-corrected chi connectivity index (χ4v) is 3.86. The normalized spacial score (nSPS) is 25.3. The molecule has 7 heteroatoms. The third-order valence-electron chi connectivity index (χ3n) is 4.93. The lowest BCUT2D eigenvalue weighted by Crippen LogP contribution is -2.64. The van der Waals surface area contributed by atoms with Crippen LogP contribution in [0.1, 0.15) is 12.6 Å². The van der Waals surface area contributed by atoms with Gasteiger partial charge in [0.15, 0.2) is 5.82 Å². The van der Waals surface area contributed by atoms with E-state index in [9.17, 15) is 9.65 Å². The van der Waals surface area contributed by atoms with Gasteiger partial charge in [-0.2, -0.15) is 10.4 Å². The van der Waals surface area contributed by atoms with Crippen molar-refractivity contribution in [2.45, 2.75) is 19.0 Å². The van der Waals surface area contributed by atoms with Gasteiger partial charge in [0.05, 0.1) is 11.9 Å². The summed E-state index contributed by atoms with van der Waals surface area (Å²) in [6.07, 6.45) is 1.18. The van der Waals surface area contributed by atoms with E-state index in [1.807, 2.05) is 6.07 Å². The van der Waals surface area contributed by atoms with Crippen molar-refractivity contribution in [3.63, 3.8) is 0 Å². The van der Waals surface area contributed by atoms with Crippen molar-refractivity contribution >= 4 is 11.2 Å². The van der Waals surface area contributed by atoms with E-state index in [-0.39, 0.29) is 5.82 Å². The second-order valence-corrected chi connectivity index (χ2v) is 6.32. The van der Waals surface area contributed by atoms with Crippen LogP contribution in [0, 0.1) is 17.1 Å². The molecular formula is C16H19FN6. The number of aromatic nitrogens is 2. The third-order valence-corrected chi connectivity index (χ3v) is 4.93. The summed E-state index contributed by atoms with van der Waals surface area (Å²) >= 11 is 0. The van der Waals surface area contributed by atoms with Gasteiger partial charge in [0, 0.05) is 44.8 Å². The van der Waals surface area contributed by atoms with Crippen LogP contribution < -0.4 is 10.2 Å². The summed E-state index contributed by atoms with van der Waals surface area (Å²) in [5.41, 5.74) is 1.56. The summed E-state index contributed by atoms with van der Waals surface area (Å²) in [7, 11) is 0. The number of halogens is 1. The Hall–Kier alpha value is -2.17. The number of hydrogen-bond donors (Lipinski definition) is 1. The zero-order chi connectivity index (χ0) is 16.0. The van der Waals surface area contributed by atoms with Crippen LogP contribution >= 0.6 is 0 Å². The first-order valence-corrected chi connectivity index (χ1v) is 7.97. The van der Waals surface area contributed by atoms with Crippen molar-refractivity contribution in [1.29, 1.82) is 5.26 Å². The highest BCUT2D eigenvalue weighted by atomic mass is 19.1. The number of nitriles is 1. The molecule has 2 fully saturated rings. The summed E-state index contributed by atoms with van der Waals surface area (Å²) in [6, 6.07) is 6.46. The van der Waals surface area contributed by atoms with Gasteiger partial charge in [-0.15, -0.1) is 0 Å². The molecule has 0 amide bonds. The van der Waals surface area contributed by atoms with Gasteiger partial charge in [0.1, 0.15) is 17.3 Å². The molecule has 2 aromatic heterocycles. The van der Waals surface area contributed by atoms with Crippen LogP contribution in [0.15, 0.2) is 18.3 Å². The highest BCUT2D eigenvalue weighted by Crippen LogP contribution is 2.29. The molecule has 1 N–H and O–H groups in total. The zero-order valence-corrected chi connectivity index (χ0v) is 13.0. The number of nitrogens with zero attached hydrogens (tertiary/aromatic N) is 5. The predicted molar refractivity (Wildman–Crippen MR) is 84.9 cm³/mol. The first-order chi connectivity index (χ1) is 11.2. The topological polar surface area (TPSA) is 59.6 Å². The Morgan fingerprint density at radius 1 is 1.39 bits per heavy atom. The van der Waals surface area contributed by atoms with E-state index >= 15 is 0 Å². The van der Waals surface area contributed by atoms with Crippen LogP contribution in [0.3, 0.4) is 0 Å². The minimum Gasteiger partial charge on any atom is -0.367 e. The van der Waals surface area contributed by atoms with Crippen LogP contribution in [-0.2, 0) is 0 Å². The Labute approximate surface area is 134 Å². The number of fused-ring (bicyclic) bond motifs is 2. The summed E-state index contributed by atoms with van der Waals surface area (Å²) in [5, 5.41) is 16.6. The van der Waals surface area contributed by atoms with Crippen molar-refractivity contribution in [3.8, 4) is 6.07 Å². The lowest BCUT2D eigenvalue weighted by atomic mass is 10.0. The molecule has 0 radical (unpaired) electrons. The molecule has 2 saturated heterocycles. The molecule has 4 rings (SSSR count). The van der Waals surface area contributed by atoms with E-state index < -0.39 is 0 Å². The quantitative estimate of drug-likeness (QED) is 0.845. The summed E-state index contributed by atoms with van der Waals surface area (Å²) in [5.74, 6) is -0.381. The van der Waals surface area contributed by atoms with Gasteiger partial charge < -0.3 is 10.2 Å². The highest BCUT2D eigenvalue weighted by molar-refractivity contribution is 5.74. The minimum absolute atomic E-state index is 0.346. The largest absolute Gasteiger partial charge is 0.367 e. The number of pyridine rings is 1. The number of rotatable bonds is 1. The van der Waals surface area contributed by atoms with Crippen LogP contribution in [0.5, 0.6) is 0 Å². The Morgan fingerprint density at radius 3 is 3.09 bits per heavy atom. The van der Waals surface area contributed by atoms with E-state index in [0.29, 0.717) is 23.3 Å². The van der Waals surface area contributed by atoms with Crippen molar-refractivity contribution in [1.82, 2.24) is 19.8 Å². The van der Waals surface area contributed by atoms with Gasteiger partial charge in [-0.25, -0.2) is 8.91 Å². The van der Waals surface area contributed by atoms with E-state index in [0.717, 1.165) is 38.4 Å². The molecule has 2 atom stereocenters. The van der Waals surface area contributed by atoms with Crippen molar-refractivity contribution in [2.24, 2.45) is 0 Å². The lowest BCUT2D eigenvalue weighted by molar-refractivity contribution is 0.0971. The van der Waals surface area contributed by atoms with Gasteiger partial charge in [0.2, 0.25) is 0 Å². The monoisotopic (exact) mass is 314 g/mol. The average molecular weight is 314 g/mol. The van der Waals surface area contributed by atoms with E-state index in [2.05, 4.69) is 33.2 Å². The molecule has 1 unspecified atom stereocenters. The molecule has 0 aliphatic carbocycles. The molecule has 0 aromatic carbocycles. The van der Waals surface area contributed by atoms with E-state index in [1.165, 1.54) is 10.7 Å². The van der Waals surface area contributed by atoms with E-state index in [1.54, 1.807) is 6.07 Å². The predicted octanol–water partition coefficient (Wildman–Crippen LogP) is 0.827. The summed E-state index contributed by atoms with van der Waals surface area (Å²) in [4.78, 5) is 4.75. The Bertz CT molecular complexity index is 779. The smallest absolute Gasteiger partial charge is 0.171 e. The molecule has 0 saturated carbocycles. The Balaban J connectivity index is 1.75. The average Bonchev–Trinajstić information content (AvgIpc) is 2.96. The molecule has 6 nitrogen and oxygen atoms in total. The number of piperazine rings is 2. The summed E-state index contributed by atoms with van der Waals surface area (Å²) < 4.78 is 15.7. The molecule has 2 aliphatic heterocycles. The van der Waals surface area contributed by atoms with Crippen LogP contribution in [0.25, 0.3) is 5.52 Å². The molecule has 4 heterocycles. The van der Waals surface area contributed by atoms with Crippen molar-refractivity contribution in [2.75, 3.05) is 37.6 Å². The fraction of sp³-hybridized carbons (Fsp3) is 0.500. The maximum absolute atomic E-state index is 14.3. The van der Waals surface area contributed by atoms with Crippen molar-refractivity contribution < 1.29 is 4.39 Å². The fourth-order valence-electron chi connectivity index (χ4n) is 3.86. The molecule has 0 bridgehead atoms. The molecule has 0 spiro atoms. The standard InChI is InChI=1S/C16H19FN6/c1-11-9-21(10-13-7-19-4-5-22(11)13)15-3-2-12(6-18)23-16(15)14(17)8-20-23/h2-3,8,11,13,19H,4-5,7,9-10H2,1H3/t11?,13-/m0/s1. The minimum atomic E-state index is -0.381. The lowest BCUT2D eigenvalue weighted by Gasteiger charge is -2.49. The third kappa shape index (κ3) is 2.26. The number of nitrogens with one attached hydrogen (secondary N) is 1. The maximum Gasteiger partial charge on any atom is 0.171 e. The van der Waals surface area contributed by atoms with Gasteiger partial charge in [-0.1, -0.05) is 0 Å². The molecule has 120 valence electrons. The zero-order valence-electron chi connectivity index (χ0n) is 13.0. The van der Waals surface area contributed by atoms with Crippen LogP contribution in [0.4, 0.5) is 10.1 Å². The van der Waals surface area contributed by atoms with Gasteiger partial charge in [-0.05, 0) is 19.1 Å². The first kappa shape index (κ1) is 14.4. The Morgan fingerprint density at radius 2 is 2.26 bits per heavy atom. The second-order valence-electron chi connectivity index (χ2n) is 6.32. The summed E-state index contributed by atoms with van der Waals surface area (Å²) in [6.45, 7) is 6.96. The molecule has 2 aliphatic rings. The second kappa shape index (κ2) is 5.48. The SMILES string of the molecule is CC1CN(c2ccc(C#N)n3ncc(F)c23)C[C@@H]2CNCCN12. The first-order valence-electron chi connectivity index (χ1n) is 7.97. The highest BCUT2D eigenvalue weighted by Gasteiger charge is 2.34. The molecular weight excluding hydrogens is 295 g/mol. The van der Waals surface area contributed by atoms with Crippen LogP contribution in [0.2, 0.25) is 0 Å².